The molecule has 3 aromatic rings. The van der Waals surface area contributed by atoms with Crippen molar-refractivity contribution in [2.75, 3.05) is 12.4 Å². The van der Waals surface area contributed by atoms with Gasteiger partial charge in [0, 0.05) is 17.1 Å². The lowest BCUT2D eigenvalue weighted by Gasteiger charge is -2.10. The van der Waals surface area contributed by atoms with Gasteiger partial charge in [-0.1, -0.05) is 12.1 Å². The molecule has 142 valence electrons. The summed E-state index contributed by atoms with van der Waals surface area (Å²) in [5.41, 5.74) is 2.22. The Morgan fingerprint density at radius 1 is 1.21 bits per heavy atom. The van der Waals surface area contributed by atoms with Crippen molar-refractivity contribution in [1.82, 2.24) is 4.98 Å². The van der Waals surface area contributed by atoms with Crippen molar-refractivity contribution >= 4 is 22.6 Å². The number of para-hydroxylation sites is 2. The third kappa shape index (κ3) is 4.64. The normalized spacial score (nSPS) is 11.2. The first-order chi connectivity index (χ1) is 13.6. The van der Waals surface area contributed by atoms with Gasteiger partial charge in [-0.25, -0.2) is 4.98 Å². The van der Waals surface area contributed by atoms with E-state index < -0.39 is 6.61 Å². The summed E-state index contributed by atoms with van der Waals surface area (Å²) in [7, 11) is 1.59. The predicted octanol–water partition coefficient (Wildman–Crippen LogP) is 5.40. The molecule has 0 aliphatic heterocycles. The molecule has 1 heterocycles. The third-order valence-electron chi connectivity index (χ3n) is 3.72. The molecule has 1 aromatic heterocycles. The second-order valence-corrected chi connectivity index (χ2v) is 6.31. The van der Waals surface area contributed by atoms with E-state index in [-0.39, 0.29) is 11.3 Å². The van der Waals surface area contributed by atoms with Gasteiger partial charge in [-0.2, -0.15) is 14.0 Å². The minimum absolute atomic E-state index is 0.0101. The number of rotatable bonds is 7. The Labute approximate surface area is 164 Å². The maximum absolute atomic E-state index is 12.5. The summed E-state index contributed by atoms with van der Waals surface area (Å²) in [5, 5.41) is 14.7. The zero-order valence-electron chi connectivity index (χ0n) is 14.7. The van der Waals surface area contributed by atoms with E-state index in [1.165, 1.54) is 23.6 Å². The number of nitrogens with zero attached hydrogens (tertiary/aromatic N) is 2. The average molecular weight is 399 g/mol. The van der Waals surface area contributed by atoms with Gasteiger partial charge in [0.05, 0.1) is 18.5 Å². The number of allylic oxidation sites excluding steroid dienone is 1. The van der Waals surface area contributed by atoms with Gasteiger partial charge in [0.15, 0.2) is 0 Å². The molecule has 0 amide bonds. The monoisotopic (exact) mass is 399 g/mol. The molecule has 0 saturated carbocycles. The number of anilines is 1. The molecule has 0 atom stereocenters. The SMILES string of the molecule is COc1ccc(-c2csc(C(C#N)=CNc3ccccc3OC(F)F)n2)cc1. The van der Waals surface area contributed by atoms with Crippen molar-refractivity contribution in [1.29, 1.82) is 5.26 Å². The molecule has 28 heavy (non-hydrogen) atoms. The van der Waals surface area contributed by atoms with Gasteiger partial charge in [0.25, 0.3) is 0 Å². The molecule has 0 bridgehead atoms. The summed E-state index contributed by atoms with van der Waals surface area (Å²) in [6, 6.07) is 15.7. The molecule has 2 aromatic carbocycles. The fraction of sp³-hybridized carbons (Fsp3) is 0.100. The van der Waals surface area contributed by atoms with Crippen LogP contribution in [0.5, 0.6) is 11.5 Å². The molecular formula is C20H15F2N3O2S. The standard InChI is InChI=1S/C20H15F2N3O2S/c1-26-15-8-6-13(7-9-15)17-12-28-19(25-17)14(10-23)11-24-16-4-2-3-5-18(16)27-20(21)22/h2-9,11-12,20,24H,1H3. The van der Waals surface area contributed by atoms with Crippen LogP contribution in [0, 0.1) is 11.3 Å². The quantitative estimate of drug-likeness (QED) is 0.539. The molecule has 3 rings (SSSR count). The highest BCUT2D eigenvalue weighted by Crippen LogP contribution is 2.29. The van der Waals surface area contributed by atoms with E-state index in [2.05, 4.69) is 21.1 Å². The molecule has 0 fully saturated rings. The number of hydrogen-bond acceptors (Lipinski definition) is 6. The number of methoxy groups -OCH3 is 1. The number of nitrogens with one attached hydrogen (secondary N) is 1. The van der Waals surface area contributed by atoms with Crippen LogP contribution in [0.2, 0.25) is 0 Å². The second kappa shape index (κ2) is 8.97. The summed E-state index contributed by atoms with van der Waals surface area (Å²) in [6.07, 6.45) is 1.42. The minimum Gasteiger partial charge on any atom is -0.497 e. The van der Waals surface area contributed by atoms with Gasteiger partial charge >= 0.3 is 6.61 Å². The predicted molar refractivity (Wildman–Crippen MR) is 104 cm³/mol. The van der Waals surface area contributed by atoms with Crippen LogP contribution in [0.15, 0.2) is 60.1 Å². The Morgan fingerprint density at radius 2 is 1.96 bits per heavy atom. The second-order valence-electron chi connectivity index (χ2n) is 5.46. The summed E-state index contributed by atoms with van der Waals surface area (Å²) in [6.45, 7) is -2.94. The lowest BCUT2D eigenvalue weighted by Crippen LogP contribution is -2.04. The Hall–Kier alpha value is -3.44. The smallest absolute Gasteiger partial charge is 0.387 e. The van der Waals surface area contributed by atoms with Crippen molar-refractivity contribution in [3.8, 4) is 28.8 Å². The van der Waals surface area contributed by atoms with E-state index in [9.17, 15) is 14.0 Å². The van der Waals surface area contributed by atoms with Crippen molar-refractivity contribution in [2.45, 2.75) is 6.61 Å². The molecule has 0 aliphatic rings. The number of halogens is 2. The van der Waals surface area contributed by atoms with Gasteiger partial charge in [0.2, 0.25) is 0 Å². The zero-order chi connectivity index (χ0) is 19.9. The first-order valence-corrected chi connectivity index (χ1v) is 8.99. The lowest BCUT2D eigenvalue weighted by atomic mass is 10.2. The number of aromatic nitrogens is 1. The fourth-order valence-electron chi connectivity index (χ4n) is 2.37. The summed E-state index contributed by atoms with van der Waals surface area (Å²) >= 11 is 1.31. The van der Waals surface area contributed by atoms with Crippen molar-refractivity contribution in [2.24, 2.45) is 0 Å². The summed E-state index contributed by atoms with van der Waals surface area (Å²) < 4.78 is 34.6. The molecular weight excluding hydrogens is 384 g/mol. The molecule has 0 unspecified atom stereocenters. The lowest BCUT2D eigenvalue weighted by molar-refractivity contribution is -0.0493. The molecule has 0 radical (unpaired) electrons. The van der Waals surface area contributed by atoms with Crippen LogP contribution in [-0.4, -0.2) is 18.7 Å². The number of hydrogen-bond donors (Lipinski definition) is 1. The zero-order valence-corrected chi connectivity index (χ0v) is 15.5. The van der Waals surface area contributed by atoms with Crippen LogP contribution >= 0.6 is 11.3 Å². The molecule has 5 nitrogen and oxygen atoms in total. The van der Waals surface area contributed by atoms with E-state index in [1.807, 2.05) is 29.6 Å². The highest BCUT2D eigenvalue weighted by Gasteiger charge is 2.11. The van der Waals surface area contributed by atoms with E-state index in [0.29, 0.717) is 10.7 Å². The third-order valence-corrected chi connectivity index (χ3v) is 4.59. The summed E-state index contributed by atoms with van der Waals surface area (Å²) in [5.74, 6) is 0.731. The number of nitriles is 1. The van der Waals surface area contributed by atoms with Crippen LogP contribution in [0.3, 0.4) is 0 Å². The van der Waals surface area contributed by atoms with Gasteiger partial charge in [-0.15, -0.1) is 11.3 Å². The number of benzene rings is 2. The van der Waals surface area contributed by atoms with E-state index >= 15 is 0 Å². The minimum atomic E-state index is -2.94. The van der Waals surface area contributed by atoms with Gasteiger partial charge in [-0.05, 0) is 36.4 Å². The molecule has 1 N–H and O–H groups in total. The van der Waals surface area contributed by atoms with E-state index in [4.69, 9.17) is 4.74 Å². The Morgan fingerprint density at radius 3 is 2.64 bits per heavy atom. The highest BCUT2D eigenvalue weighted by molar-refractivity contribution is 7.11. The van der Waals surface area contributed by atoms with Crippen LogP contribution in [0.4, 0.5) is 14.5 Å². The van der Waals surface area contributed by atoms with Gasteiger partial charge in [-0.3, -0.25) is 0 Å². The van der Waals surface area contributed by atoms with Crippen molar-refractivity contribution in [3.05, 3.63) is 65.1 Å². The highest BCUT2D eigenvalue weighted by atomic mass is 32.1. The number of thiazole rings is 1. The average Bonchev–Trinajstić information content (AvgIpc) is 3.19. The van der Waals surface area contributed by atoms with Crippen LogP contribution in [0.1, 0.15) is 5.01 Å². The fourth-order valence-corrected chi connectivity index (χ4v) is 3.16. The molecule has 0 aliphatic carbocycles. The van der Waals surface area contributed by atoms with Crippen LogP contribution in [-0.2, 0) is 0 Å². The number of alkyl halides is 2. The first-order valence-electron chi connectivity index (χ1n) is 8.11. The summed E-state index contributed by atoms with van der Waals surface area (Å²) in [4.78, 5) is 4.49. The van der Waals surface area contributed by atoms with Gasteiger partial charge < -0.3 is 14.8 Å². The van der Waals surface area contributed by atoms with Crippen LogP contribution in [0.25, 0.3) is 16.8 Å². The number of ether oxygens (including phenoxy) is 2. The van der Waals surface area contributed by atoms with Crippen LogP contribution < -0.4 is 14.8 Å². The Kier molecular flexibility index (Phi) is 6.19. The maximum atomic E-state index is 12.5. The maximum Gasteiger partial charge on any atom is 0.387 e. The molecule has 0 saturated heterocycles. The Balaban J connectivity index is 1.81. The molecule has 0 spiro atoms. The topological polar surface area (TPSA) is 67.2 Å². The van der Waals surface area contributed by atoms with Crippen molar-refractivity contribution < 1.29 is 18.3 Å². The molecule has 8 heteroatoms. The van der Waals surface area contributed by atoms with E-state index in [0.717, 1.165) is 17.0 Å². The van der Waals surface area contributed by atoms with E-state index in [1.54, 1.807) is 25.3 Å². The van der Waals surface area contributed by atoms with Gasteiger partial charge in [0.1, 0.15) is 28.1 Å². The van der Waals surface area contributed by atoms with Crippen molar-refractivity contribution in [3.63, 3.8) is 0 Å². The Bertz CT molecular complexity index is 1010. The largest absolute Gasteiger partial charge is 0.497 e. The first kappa shape index (κ1) is 19.3.